The molecule has 0 radical (unpaired) electrons. The second-order valence-corrected chi connectivity index (χ2v) is 5.19. The number of halogens is 2. The first-order valence-corrected chi connectivity index (χ1v) is 6.51. The van der Waals surface area contributed by atoms with E-state index < -0.39 is 0 Å². The van der Waals surface area contributed by atoms with Gasteiger partial charge in [-0.1, -0.05) is 23.2 Å². The molecule has 94 valence electrons. The number of nitrogens with zero attached hydrogens (tertiary/aromatic N) is 2. The molecule has 18 heavy (non-hydrogen) atoms. The second-order valence-electron chi connectivity index (χ2n) is 4.34. The molecule has 2 rings (SSSR count). The number of likely N-dealkylation sites (tertiary alicyclic amines) is 1. The molecule has 1 amide bonds. The molecule has 1 atom stereocenters. The number of hydrogen-bond donors (Lipinski definition) is 0. The summed E-state index contributed by atoms with van der Waals surface area (Å²) < 4.78 is 0. The van der Waals surface area contributed by atoms with Crippen molar-refractivity contribution in [2.24, 2.45) is 5.92 Å². The van der Waals surface area contributed by atoms with E-state index in [-0.39, 0.29) is 11.8 Å². The summed E-state index contributed by atoms with van der Waals surface area (Å²) in [6.07, 6.45) is 1.70. The number of benzene rings is 1. The second kappa shape index (κ2) is 5.60. The number of piperidine rings is 1. The van der Waals surface area contributed by atoms with Crippen molar-refractivity contribution in [3.05, 3.63) is 33.8 Å². The van der Waals surface area contributed by atoms with Gasteiger partial charge in [-0.05, 0) is 31.0 Å². The molecule has 1 unspecified atom stereocenters. The van der Waals surface area contributed by atoms with E-state index in [2.05, 4.69) is 6.07 Å². The van der Waals surface area contributed by atoms with Gasteiger partial charge in [0.25, 0.3) is 5.91 Å². The van der Waals surface area contributed by atoms with Crippen molar-refractivity contribution >= 4 is 29.1 Å². The maximum Gasteiger partial charge on any atom is 0.255 e. The lowest BCUT2D eigenvalue weighted by molar-refractivity contribution is 0.0699. The summed E-state index contributed by atoms with van der Waals surface area (Å²) in [6, 6.07) is 7.05. The van der Waals surface area contributed by atoms with Crippen LogP contribution >= 0.6 is 23.2 Å². The Labute approximate surface area is 116 Å². The molecular weight excluding hydrogens is 271 g/mol. The average Bonchev–Trinajstić information content (AvgIpc) is 2.41. The zero-order chi connectivity index (χ0) is 13.1. The van der Waals surface area contributed by atoms with Gasteiger partial charge in [-0.3, -0.25) is 4.79 Å². The molecule has 1 aromatic carbocycles. The quantitative estimate of drug-likeness (QED) is 0.793. The molecule has 1 aliphatic rings. The third-order valence-electron chi connectivity index (χ3n) is 3.05. The van der Waals surface area contributed by atoms with E-state index in [0.717, 1.165) is 12.8 Å². The van der Waals surface area contributed by atoms with Gasteiger partial charge < -0.3 is 4.90 Å². The largest absolute Gasteiger partial charge is 0.337 e. The molecule has 0 aromatic heterocycles. The lowest BCUT2D eigenvalue weighted by atomic mass is 9.99. The minimum absolute atomic E-state index is 0.0827. The van der Waals surface area contributed by atoms with Gasteiger partial charge in [0.2, 0.25) is 0 Å². The van der Waals surface area contributed by atoms with Crippen molar-refractivity contribution in [3.63, 3.8) is 0 Å². The van der Waals surface area contributed by atoms with Crippen molar-refractivity contribution in [1.82, 2.24) is 4.90 Å². The Morgan fingerprint density at radius 3 is 2.94 bits per heavy atom. The van der Waals surface area contributed by atoms with Gasteiger partial charge in [-0.25, -0.2) is 0 Å². The van der Waals surface area contributed by atoms with Crippen molar-refractivity contribution in [1.29, 1.82) is 5.26 Å². The van der Waals surface area contributed by atoms with Gasteiger partial charge in [-0.15, -0.1) is 0 Å². The first kappa shape index (κ1) is 13.2. The van der Waals surface area contributed by atoms with Crippen LogP contribution in [0.1, 0.15) is 23.2 Å². The highest BCUT2D eigenvalue weighted by atomic mass is 35.5. The summed E-state index contributed by atoms with van der Waals surface area (Å²) in [7, 11) is 0. The van der Waals surface area contributed by atoms with Crippen LogP contribution < -0.4 is 0 Å². The molecule has 5 heteroatoms. The lowest BCUT2D eigenvalue weighted by Crippen LogP contribution is -2.39. The van der Waals surface area contributed by atoms with Crippen LogP contribution in [0.3, 0.4) is 0 Å². The predicted octanol–water partition coefficient (Wildman–Crippen LogP) is 3.37. The fourth-order valence-electron chi connectivity index (χ4n) is 2.10. The summed E-state index contributed by atoms with van der Waals surface area (Å²) in [5.41, 5.74) is 0.405. The molecule has 0 spiro atoms. The zero-order valence-electron chi connectivity index (χ0n) is 9.70. The van der Waals surface area contributed by atoms with Crippen molar-refractivity contribution < 1.29 is 4.79 Å². The van der Waals surface area contributed by atoms with Crippen LogP contribution in [0.25, 0.3) is 0 Å². The van der Waals surface area contributed by atoms with Crippen LogP contribution in [0.4, 0.5) is 0 Å². The normalized spacial score (nSPS) is 19.4. The van der Waals surface area contributed by atoms with Crippen LogP contribution in [0, 0.1) is 17.2 Å². The van der Waals surface area contributed by atoms with Gasteiger partial charge in [-0.2, -0.15) is 5.26 Å². The Bertz CT molecular complexity index is 510. The zero-order valence-corrected chi connectivity index (χ0v) is 11.2. The number of carbonyl (C=O) groups excluding carboxylic acids is 1. The molecule has 3 nitrogen and oxygen atoms in total. The molecule has 0 N–H and O–H groups in total. The summed E-state index contributed by atoms with van der Waals surface area (Å²) in [6.45, 7) is 1.14. The fraction of sp³-hybridized carbons (Fsp3) is 0.385. The number of hydrogen-bond acceptors (Lipinski definition) is 2. The summed E-state index contributed by atoms with van der Waals surface area (Å²) >= 11 is 11.9. The van der Waals surface area contributed by atoms with Crippen LogP contribution in [0.15, 0.2) is 18.2 Å². The Kier molecular flexibility index (Phi) is 4.11. The van der Waals surface area contributed by atoms with E-state index in [1.165, 1.54) is 0 Å². The minimum Gasteiger partial charge on any atom is -0.337 e. The highest BCUT2D eigenvalue weighted by molar-refractivity contribution is 6.35. The highest BCUT2D eigenvalue weighted by Gasteiger charge is 2.25. The van der Waals surface area contributed by atoms with E-state index in [1.54, 1.807) is 23.1 Å². The standard InChI is InChI=1S/C13H12Cl2N2O/c14-10-3-4-12(15)11(6-10)13(18)17-5-1-2-9(7-16)8-17/h3-4,6,9H,1-2,5,8H2. The molecule has 0 bridgehead atoms. The van der Waals surface area contributed by atoms with Crippen LogP contribution in [-0.4, -0.2) is 23.9 Å². The Morgan fingerprint density at radius 1 is 1.44 bits per heavy atom. The molecule has 1 aliphatic heterocycles. The Balaban J connectivity index is 2.21. The van der Waals surface area contributed by atoms with E-state index in [1.807, 2.05) is 0 Å². The number of rotatable bonds is 1. The van der Waals surface area contributed by atoms with Crippen molar-refractivity contribution in [2.75, 3.05) is 13.1 Å². The van der Waals surface area contributed by atoms with E-state index >= 15 is 0 Å². The first-order valence-electron chi connectivity index (χ1n) is 5.75. The molecule has 1 aromatic rings. The minimum atomic E-state index is -0.151. The first-order chi connectivity index (χ1) is 8.61. The van der Waals surface area contributed by atoms with Crippen LogP contribution in [-0.2, 0) is 0 Å². The third kappa shape index (κ3) is 2.77. The topological polar surface area (TPSA) is 44.1 Å². The van der Waals surface area contributed by atoms with E-state index in [4.69, 9.17) is 28.5 Å². The number of nitriles is 1. The maximum atomic E-state index is 12.3. The number of carbonyl (C=O) groups is 1. The molecule has 0 aliphatic carbocycles. The number of amides is 1. The third-order valence-corrected chi connectivity index (χ3v) is 3.61. The Morgan fingerprint density at radius 2 is 2.22 bits per heavy atom. The Hall–Kier alpha value is -1.24. The smallest absolute Gasteiger partial charge is 0.255 e. The predicted molar refractivity (Wildman–Crippen MR) is 70.7 cm³/mol. The van der Waals surface area contributed by atoms with Gasteiger partial charge in [0.15, 0.2) is 0 Å². The summed E-state index contributed by atoms with van der Waals surface area (Å²) in [5, 5.41) is 9.80. The van der Waals surface area contributed by atoms with Crippen LogP contribution in [0.5, 0.6) is 0 Å². The van der Waals surface area contributed by atoms with E-state index in [9.17, 15) is 4.79 Å². The summed E-state index contributed by atoms with van der Waals surface area (Å²) in [5.74, 6) is -0.233. The molecule has 1 saturated heterocycles. The summed E-state index contributed by atoms with van der Waals surface area (Å²) in [4.78, 5) is 14.0. The van der Waals surface area contributed by atoms with E-state index in [0.29, 0.717) is 28.7 Å². The van der Waals surface area contributed by atoms with Gasteiger partial charge in [0.05, 0.1) is 22.6 Å². The van der Waals surface area contributed by atoms with Crippen LogP contribution in [0.2, 0.25) is 10.0 Å². The molecule has 1 fully saturated rings. The molecular formula is C13H12Cl2N2O. The highest BCUT2D eigenvalue weighted by Crippen LogP contribution is 2.24. The van der Waals surface area contributed by atoms with Gasteiger partial charge in [0, 0.05) is 18.1 Å². The maximum absolute atomic E-state index is 12.3. The monoisotopic (exact) mass is 282 g/mol. The molecule has 0 saturated carbocycles. The van der Waals surface area contributed by atoms with Crippen molar-refractivity contribution in [2.45, 2.75) is 12.8 Å². The van der Waals surface area contributed by atoms with Gasteiger partial charge in [0.1, 0.15) is 0 Å². The van der Waals surface area contributed by atoms with Gasteiger partial charge >= 0.3 is 0 Å². The van der Waals surface area contributed by atoms with Crippen molar-refractivity contribution in [3.8, 4) is 6.07 Å². The fourth-order valence-corrected chi connectivity index (χ4v) is 2.47. The lowest BCUT2D eigenvalue weighted by Gasteiger charge is -2.29. The SMILES string of the molecule is N#CC1CCCN(C(=O)c2cc(Cl)ccc2Cl)C1. The molecule has 1 heterocycles. The average molecular weight is 283 g/mol.